The second kappa shape index (κ2) is 9.63. The van der Waals surface area contributed by atoms with Gasteiger partial charge < -0.3 is 23.9 Å². The molecule has 1 unspecified atom stereocenters. The summed E-state index contributed by atoms with van der Waals surface area (Å²) in [7, 11) is 0. The van der Waals surface area contributed by atoms with Crippen LogP contribution < -0.4 is 4.74 Å². The zero-order chi connectivity index (χ0) is 26.3. The van der Waals surface area contributed by atoms with Gasteiger partial charge in [0.25, 0.3) is 0 Å². The Hall–Kier alpha value is -3.71. The average molecular weight is 522 g/mol. The van der Waals surface area contributed by atoms with Gasteiger partial charge in [0.05, 0.1) is 5.52 Å². The van der Waals surface area contributed by atoms with Crippen LogP contribution in [-0.4, -0.2) is 40.2 Å². The van der Waals surface area contributed by atoms with E-state index in [1.165, 1.54) is 13.8 Å². The number of rotatable bonds is 7. The van der Waals surface area contributed by atoms with E-state index in [0.717, 1.165) is 22.2 Å². The maximum atomic E-state index is 13.9. The number of halogens is 1. The Bertz CT molecular complexity index is 1450. The monoisotopic (exact) mass is 521 g/mol. The summed E-state index contributed by atoms with van der Waals surface area (Å²) >= 11 is 6.08. The maximum Gasteiger partial charge on any atom is 0.347 e. The van der Waals surface area contributed by atoms with Gasteiger partial charge >= 0.3 is 5.97 Å². The predicted molar refractivity (Wildman–Crippen MR) is 140 cm³/mol. The minimum absolute atomic E-state index is 0.00568. The maximum absolute atomic E-state index is 13.9. The van der Waals surface area contributed by atoms with Crippen molar-refractivity contribution < 1.29 is 28.9 Å². The van der Waals surface area contributed by atoms with Crippen molar-refractivity contribution in [3.63, 3.8) is 0 Å². The molecule has 0 radical (unpaired) electrons. The van der Waals surface area contributed by atoms with Crippen LogP contribution in [0, 0.1) is 12.8 Å². The molecule has 1 atom stereocenters. The van der Waals surface area contributed by atoms with Crippen molar-refractivity contribution in [2.75, 3.05) is 13.2 Å². The molecule has 1 N–H and O–H groups in total. The van der Waals surface area contributed by atoms with E-state index in [9.17, 15) is 14.7 Å². The lowest BCUT2D eigenvalue weighted by molar-refractivity contribution is -0.152. The number of carboxylic acids is 1. The van der Waals surface area contributed by atoms with Gasteiger partial charge in [-0.25, -0.2) is 4.79 Å². The fourth-order valence-corrected chi connectivity index (χ4v) is 4.88. The molecule has 8 heteroatoms. The number of hydrogen-bond acceptors (Lipinski definition) is 5. The second-order valence-corrected chi connectivity index (χ2v) is 10.2. The third-order valence-electron chi connectivity index (χ3n) is 6.80. The molecule has 0 bridgehead atoms. The smallest absolute Gasteiger partial charge is 0.347 e. The average Bonchev–Trinajstić information content (AvgIpc) is 3.14. The summed E-state index contributed by atoms with van der Waals surface area (Å²) in [6.45, 7) is 6.42. The molecule has 0 amide bonds. The zero-order valence-corrected chi connectivity index (χ0v) is 21.7. The van der Waals surface area contributed by atoms with Crippen LogP contribution in [0.5, 0.6) is 5.75 Å². The summed E-state index contributed by atoms with van der Waals surface area (Å²) in [5, 5.41) is 10.9. The fraction of sp³-hybridized carbons (Fsp3) is 0.310. The van der Waals surface area contributed by atoms with Crippen LogP contribution in [0.2, 0.25) is 5.02 Å². The number of ketones is 1. The van der Waals surface area contributed by atoms with E-state index in [2.05, 4.69) is 4.57 Å². The molecule has 0 fully saturated rings. The molecule has 1 aliphatic carbocycles. The van der Waals surface area contributed by atoms with E-state index < -0.39 is 11.6 Å². The predicted octanol–water partition coefficient (Wildman–Crippen LogP) is 5.91. The first-order valence-corrected chi connectivity index (χ1v) is 12.5. The summed E-state index contributed by atoms with van der Waals surface area (Å²) in [5.41, 5.74) is 1.84. The molecule has 0 saturated heterocycles. The highest BCUT2D eigenvalue weighted by atomic mass is 35.5. The minimum atomic E-state index is -1.41. The van der Waals surface area contributed by atoms with E-state index in [1.807, 2.05) is 49.4 Å². The first kappa shape index (κ1) is 25.0. The van der Waals surface area contributed by atoms with Crippen molar-refractivity contribution in [2.24, 2.45) is 5.92 Å². The van der Waals surface area contributed by atoms with Crippen molar-refractivity contribution >= 4 is 34.3 Å². The molecular formula is C29H28ClNO6. The number of carbonyl (C=O) groups is 2. The summed E-state index contributed by atoms with van der Waals surface area (Å²) in [6.07, 6.45) is 4.15. The third kappa shape index (κ3) is 4.83. The van der Waals surface area contributed by atoms with Crippen LogP contribution in [0.3, 0.4) is 0 Å². The van der Waals surface area contributed by atoms with Crippen molar-refractivity contribution in [1.82, 2.24) is 4.57 Å². The van der Waals surface area contributed by atoms with Gasteiger partial charge in [-0.3, -0.25) is 4.79 Å². The summed E-state index contributed by atoms with van der Waals surface area (Å²) in [4.78, 5) is 25.5. The Morgan fingerprint density at radius 3 is 2.59 bits per heavy atom. The van der Waals surface area contributed by atoms with Gasteiger partial charge in [0, 0.05) is 46.6 Å². The number of benzene rings is 2. The highest BCUT2D eigenvalue weighted by Gasteiger charge is 2.32. The first-order chi connectivity index (χ1) is 17.6. The van der Waals surface area contributed by atoms with Crippen molar-refractivity contribution in [1.29, 1.82) is 0 Å². The normalized spacial score (nSPS) is 17.2. The van der Waals surface area contributed by atoms with E-state index in [1.54, 1.807) is 12.1 Å². The number of carbonyl (C=O) groups excluding carboxylic acids is 1. The van der Waals surface area contributed by atoms with Gasteiger partial charge in [-0.2, -0.15) is 0 Å². The van der Waals surface area contributed by atoms with Gasteiger partial charge in [-0.1, -0.05) is 29.8 Å². The Morgan fingerprint density at radius 2 is 1.86 bits per heavy atom. The number of carboxylic acid groups (broad SMARTS) is 1. The minimum Gasteiger partial charge on any atom is -0.490 e. The lowest BCUT2D eigenvalue weighted by Crippen LogP contribution is -2.37. The highest BCUT2D eigenvalue weighted by Crippen LogP contribution is 2.36. The molecule has 37 heavy (non-hydrogen) atoms. The number of aromatic nitrogens is 1. The zero-order valence-electron chi connectivity index (χ0n) is 20.9. The molecule has 3 aromatic rings. The van der Waals surface area contributed by atoms with E-state index in [-0.39, 0.29) is 11.7 Å². The second-order valence-electron chi connectivity index (χ2n) is 9.79. The SMILES string of the molecule is Cc1c(C(=O)C2C=CC3=C(C2)OCCO3)c2ccc(OC(C)(C)C(=O)O)cc2n1Cc1ccc(Cl)cc1. The molecule has 2 heterocycles. The molecule has 1 aliphatic heterocycles. The van der Waals surface area contributed by atoms with E-state index in [4.69, 9.17) is 25.8 Å². The number of allylic oxidation sites excluding steroid dienone is 3. The fourth-order valence-electron chi connectivity index (χ4n) is 4.75. The Labute approximate surface area is 219 Å². The molecule has 5 rings (SSSR count). The standard InChI is InChI=1S/C29H28ClNO6/c1-17-26(27(32)19-6-11-24-25(14-19)36-13-12-35-24)22-10-9-21(37-29(2,3)28(33)34)15-23(22)31(17)16-18-4-7-20(30)8-5-18/h4-11,15,19H,12-14,16H2,1-3H3,(H,33,34). The number of aliphatic carboxylic acids is 1. The molecule has 7 nitrogen and oxygen atoms in total. The first-order valence-electron chi connectivity index (χ1n) is 12.1. The number of Topliss-reactive ketones (excluding diaryl/α,β-unsaturated/α-hetero) is 1. The summed E-state index contributed by atoms with van der Waals surface area (Å²) in [5.74, 6) is 0.363. The number of nitrogens with zero attached hydrogens (tertiary/aromatic N) is 1. The number of fused-ring (bicyclic) bond motifs is 1. The van der Waals surface area contributed by atoms with Gasteiger partial charge in [0.1, 0.15) is 24.7 Å². The molecule has 2 aromatic carbocycles. The van der Waals surface area contributed by atoms with Gasteiger partial charge in [-0.15, -0.1) is 0 Å². The largest absolute Gasteiger partial charge is 0.490 e. The number of hydrogen-bond donors (Lipinski definition) is 1. The Morgan fingerprint density at radius 1 is 1.14 bits per heavy atom. The Kier molecular flexibility index (Phi) is 6.50. The van der Waals surface area contributed by atoms with E-state index in [0.29, 0.717) is 54.0 Å². The lowest BCUT2D eigenvalue weighted by atomic mass is 9.89. The van der Waals surface area contributed by atoms with Crippen LogP contribution >= 0.6 is 11.6 Å². The van der Waals surface area contributed by atoms with Crippen molar-refractivity contribution in [3.05, 3.63) is 88.0 Å². The van der Waals surface area contributed by atoms with Crippen LogP contribution in [0.4, 0.5) is 0 Å². The molecule has 2 aliphatic rings. The van der Waals surface area contributed by atoms with Crippen molar-refractivity contribution in [2.45, 2.75) is 39.3 Å². The Balaban J connectivity index is 1.57. The number of ether oxygens (including phenoxy) is 3. The van der Waals surface area contributed by atoms with Crippen molar-refractivity contribution in [3.8, 4) is 5.75 Å². The van der Waals surface area contributed by atoms with Gasteiger partial charge in [0.2, 0.25) is 0 Å². The molecule has 192 valence electrons. The quantitative estimate of drug-likeness (QED) is 0.389. The summed E-state index contributed by atoms with van der Waals surface area (Å²) in [6, 6.07) is 12.9. The van der Waals surface area contributed by atoms with E-state index >= 15 is 0 Å². The van der Waals surface area contributed by atoms with Crippen LogP contribution in [-0.2, 0) is 20.8 Å². The van der Waals surface area contributed by atoms with Crippen LogP contribution in [0.15, 0.2) is 66.1 Å². The molecular weight excluding hydrogens is 494 g/mol. The molecule has 0 spiro atoms. The molecule has 0 saturated carbocycles. The van der Waals surface area contributed by atoms with Gasteiger partial charge in [-0.05, 0) is 56.7 Å². The van der Waals surface area contributed by atoms with Gasteiger partial charge in [0.15, 0.2) is 17.1 Å². The molecule has 1 aromatic heterocycles. The van der Waals surface area contributed by atoms with Crippen LogP contribution in [0.25, 0.3) is 10.9 Å². The lowest BCUT2D eigenvalue weighted by Gasteiger charge is -2.26. The summed E-state index contributed by atoms with van der Waals surface area (Å²) < 4.78 is 19.3. The topological polar surface area (TPSA) is 87.0 Å². The highest BCUT2D eigenvalue weighted by molar-refractivity contribution is 6.30. The third-order valence-corrected chi connectivity index (χ3v) is 7.05. The van der Waals surface area contributed by atoms with Crippen LogP contribution in [0.1, 0.15) is 41.9 Å².